The maximum atomic E-state index is 12.5. The Labute approximate surface area is 177 Å². The van der Waals surface area contributed by atoms with E-state index in [1.807, 2.05) is 6.07 Å². The smallest absolute Gasteiger partial charge is 0.435 e. The summed E-state index contributed by atoms with van der Waals surface area (Å²) in [6.45, 7) is -2.88. The maximum absolute atomic E-state index is 12.5. The molecule has 3 heterocycles. The number of ether oxygens (including phenoxy) is 1. The molecular weight excluding hydrogens is 428 g/mol. The topological polar surface area (TPSA) is 134 Å². The summed E-state index contributed by atoms with van der Waals surface area (Å²) >= 11 is 0. The van der Waals surface area contributed by atoms with Crippen molar-refractivity contribution in [1.29, 1.82) is 5.26 Å². The normalized spacial score (nSPS) is 11.2. The van der Waals surface area contributed by atoms with Gasteiger partial charge in [0.05, 0.1) is 12.9 Å². The van der Waals surface area contributed by atoms with Gasteiger partial charge in [-0.1, -0.05) is 12.1 Å². The van der Waals surface area contributed by atoms with Gasteiger partial charge in [-0.15, -0.1) is 5.10 Å². The van der Waals surface area contributed by atoms with Crippen molar-refractivity contribution in [2.24, 2.45) is 7.05 Å². The summed E-state index contributed by atoms with van der Waals surface area (Å²) in [5, 5.41) is 17.4. The fourth-order valence-electron chi connectivity index (χ4n) is 3.10. The van der Waals surface area contributed by atoms with E-state index in [0.717, 1.165) is 10.2 Å². The second kappa shape index (κ2) is 8.42. The van der Waals surface area contributed by atoms with E-state index in [0.29, 0.717) is 6.42 Å². The summed E-state index contributed by atoms with van der Waals surface area (Å²) in [5.74, 6) is -0.676. The molecule has 0 aliphatic heterocycles. The lowest BCUT2D eigenvalue weighted by Gasteiger charge is -2.05. The summed E-state index contributed by atoms with van der Waals surface area (Å²) in [5.41, 5.74) is 0.574. The Balaban J connectivity index is 1.52. The summed E-state index contributed by atoms with van der Waals surface area (Å²) in [7, 11) is 1.51. The van der Waals surface area contributed by atoms with Gasteiger partial charge in [0.15, 0.2) is 11.2 Å². The molecule has 0 bridgehead atoms. The van der Waals surface area contributed by atoms with Crippen LogP contribution >= 0.6 is 0 Å². The number of nitrogens with zero attached hydrogens (tertiary/aromatic N) is 7. The number of hydrogen-bond acceptors (Lipinski definition) is 8. The molecule has 4 aromatic rings. The Bertz CT molecular complexity index is 1430. The number of hydrogen-bond donors (Lipinski definition) is 0. The fraction of sp³-hybridized carbons (Fsp3) is 0.263. The first kappa shape index (κ1) is 20.9. The number of benzene rings is 1. The number of fused-ring (bicyclic) bond motifs is 1. The van der Waals surface area contributed by atoms with Crippen LogP contribution in [0.5, 0.6) is 5.75 Å². The highest BCUT2D eigenvalue weighted by Gasteiger charge is 2.18. The van der Waals surface area contributed by atoms with Crippen LogP contribution in [-0.4, -0.2) is 35.7 Å². The Morgan fingerprint density at radius 2 is 1.94 bits per heavy atom. The number of aromatic nitrogens is 6. The maximum Gasteiger partial charge on any atom is 0.437 e. The van der Waals surface area contributed by atoms with E-state index in [1.54, 1.807) is 12.1 Å². The van der Waals surface area contributed by atoms with E-state index in [-0.39, 0.29) is 41.5 Å². The minimum absolute atomic E-state index is 0.00419. The van der Waals surface area contributed by atoms with Crippen LogP contribution in [0, 0.1) is 11.3 Å². The van der Waals surface area contributed by atoms with E-state index in [9.17, 15) is 23.6 Å². The molecule has 11 nitrogen and oxygen atoms in total. The first-order valence-electron chi connectivity index (χ1n) is 9.28. The second-order valence-electron chi connectivity index (χ2n) is 6.73. The molecule has 1 aromatic carbocycles. The molecule has 0 atom stereocenters. The minimum atomic E-state index is -2.90. The number of aryl methyl sites for hydroxylation is 3. The predicted octanol–water partition coefficient (Wildman–Crippen LogP) is 1.04. The van der Waals surface area contributed by atoms with Crippen LogP contribution in [0.3, 0.4) is 0 Å². The van der Waals surface area contributed by atoms with Gasteiger partial charge in [0.25, 0.3) is 5.56 Å². The lowest BCUT2D eigenvalue weighted by Crippen LogP contribution is -2.20. The van der Waals surface area contributed by atoms with Crippen LogP contribution in [0.15, 0.2) is 44.6 Å². The van der Waals surface area contributed by atoms with Gasteiger partial charge in [-0.2, -0.15) is 23.8 Å². The molecule has 4 rings (SSSR count). The fourth-order valence-corrected chi connectivity index (χ4v) is 3.10. The first-order chi connectivity index (χ1) is 15.4. The standard InChI is InChI=1S/C19H15F2N7O4/c1-26-10-23-15-13(8-22)24-28(16(15)17(26)29)9-14-25-27(19(30)32-14)7-6-11-2-4-12(5-3-11)31-18(20)21/h2-5,10,18H,6-7,9H2,1H3. The molecule has 0 radical (unpaired) electrons. The summed E-state index contributed by atoms with van der Waals surface area (Å²) < 4.78 is 37.5. The van der Waals surface area contributed by atoms with Gasteiger partial charge in [0, 0.05) is 7.05 Å². The van der Waals surface area contributed by atoms with E-state index in [2.05, 4.69) is 19.9 Å². The lowest BCUT2D eigenvalue weighted by atomic mass is 10.1. The van der Waals surface area contributed by atoms with Gasteiger partial charge < -0.3 is 13.7 Å². The first-order valence-corrected chi connectivity index (χ1v) is 9.28. The molecule has 0 saturated carbocycles. The number of nitriles is 1. The van der Waals surface area contributed by atoms with Crippen molar-refractivity contribution in [3.63, 3.8) is 0 Å². The van der Waals surface area contributed by atoms with Gasteiger partial charge in [-0.05, 0) is 24.1 Å². The van der Waals surface area contributed by atoms with Gasteiger partial charge in [0.2, 0.25) is 5.89 Å². The number of halogens is 2. The average molecular weight is 443 g/mol. The molecule has 0 aliphatic rings. The molecule has 0 fully saturated rings. The lowest BCUT2D eigenvalue weighted by molar-refractivity contribution is -0.0498. The van der Waals surface area contributed by atoms with Gasteiger partial charge in [0.1, 0.15) is 23.9 Å². The molecule has 13 heteroatoms. The Kier molecular flexibility index (Phi) is 5.50. The summed E-state index contributed by atoms with van der Waals surface area (Å²) in [4.78, 5) is 28.7. The largest absolute Gasteiger partial charge is 0.437 e. The molecule has 164 valence electrons. The minimum Gasteiger partial charge on any atom is -0.435 e. The van der Waals surface area contributed by atoms with E-state index in [1.165, 1.54) is 34.8 Å². The van der Waals surface area contributed by atoms with Crippen molar-refractivity contribution >= 4 is 11.0 Å². The Morgan fingerprint density at radius 1 is 1.19 bits per heavy atom. The molecule has 0 aliphatic carbocycles. The van der Waals surface area contributed by atoms with E-state index < -0.39 is 17.9 Å². The zero-order chi connectivity index (χ0) is 22.8. The van der Waals surface area contributed by atoms with Crippen LogP contribution < -0.4 is 16.1 Å². The molecule has 3 aromatic heterocycles. The van der Waals surface area contributed by atoms with Crippen molar-refractivity contribution in [3.05, 3.63) is 68.6 Å². The van der Waals surface area contributed by atoms with Gasteiger partial charge >= 0.3 is 12.4 Å². The molecule has 0 unspecified atom stereocenters. The van der Waals surface area contributed by atoms with Crippen molar-refractivity contribution in [1.82, 2.24) is 29.1 Å². The zero-order valence-corrected chi connectivity index (χ0v) is 16.6. The highest BCUT2D eigenvalue weighted by Crippen LogP contribution is 2.16. The molecule has 0 spiro atoms. The molecule has 0 saturated heterocycles. The molecule has 0 amide bonds. The van der Waals surface area contributed by atoms with Crippen LogP contribution in [0.4, 0.5) is 8.78 Å². The van der Waals surface area contributed by atoms with Gasteiger partial charge in [-0.25, -0.2) is 14.5 Å². The Hall–Kier alpha value is -4.34. The van der Waals surface area contributed by atoms with Crippen molar-refractivity contribution in [3.8, 4) is 11.8 Å². The molecule has 0 N–H and O–H groups in total. The van der Waals surface area contributed by atoms with Crippen molar-refractivity contribution in [2.45, 2.75) is 26.1 Å². The van der Waals surface area contributed by atoms with Crippen LogP contribution in [0.25, 0.3) is 11.0 Å². The third-order valence-electron chi connectivity index (χ3n) is 4.61. The highest BCUT2D eigenvalue weighted by atomic mass is 19.3. The van der Waals surface area contributed by atoms with Gasteiger partial charge in [-0.3, -0.25) is 4.79 Å². The third-order valence-corrected chi connectivity index (χ3v) is 4.61. The SMILES string of the molecule is Cn1cnc2c(C#N)nn(Cc3nn(CCc4ccc(OC(F)F)cc4)c(=O)o3)c2c1=O. The monoisotopic (exact) mass is 443 g/mol. The summed E-state index contributed by atoms with van der Waals surface area (Å²) in [6, 6.07) is 7.90. The number of rotatable bonds is 7. The third kappa shape index (κ3) is 4.10. The zero-order valence-electron chi connectivity index (χ0n) is 16.6. The van der Waals surface area contributed by atoms with Crippen molar-refractivity contribution in [2.75, 3.05) is 0 Å². The van der Waals surface area contributed by atoms with Crippen molar-refractivity contribution < 1.29 is 17.9 Å². The number of alkyl halides is 2. The van der Waals surface area contributed by atoms with E-state index >= 15 is 0 Å². The quantitative estimate of drug-likeness (QED) is 0.414. The highest BCUT2D eigenvalue weighted by molar-refractivity contribution is 5.78. The predicted molar refractivity (Wildman–Crippen MR) is 104 cm³/mol. The van der Waals surface area contributed by atoms with Crippen LogP contribution in [0.1, 0.15) is 17.1 Å². The van der Waals surface area contributed by atoms with E-state index in [4.69, 9.17) is 4.42 Å². The van der Waals surface area contributed by atoms with Crippen LogP contribution in [0.2, 0.25) is 0 Å². The second-order valence-corrected chi connectivity index (χ2v) is 6.73. The molecular formula is C19H15F2N7O4. The van der Waals surface area contributed by atoms with Crippen LogP contribution in [-0.2, 0) is 26.6 Å². The average Bonchev–Trinajstić information content (AvgIpc) is 3.29. The molecule has 32 heavy (non-hydrogen) atoms. The summed E-state index contributed by atoms with van der Waals surface area (Å²) in [6.07, 6.45) is 1.67. The Morgan fingerprint density at radius 3 is 2.62 bits per heavy atom.